The van der Waals surface area contributed by atoms with Crippen LogP contribution in [0.1, 0.15) is 38.3 Å². The third-order valence-electron chi connectivity index (χ3n) is 4.15. The summed E-state index contributed by atoms with van der Waals surface area (Å²) in [5.74, 6) is -0.404. The normalized spacial score (nSPS) is 11.7. The largest absolute Gasteiger partial charge is 0.490 e. The molecule has 0 aliphatic rings. The van der Waals surface area contributed by atoms with Gasteiger partial charge < -0.3 is 14.8 Å². The quantitative estimate of drug-likeness (QED) is 0.360. The molecule has 2 aromatic rings. The Labute approximate surface area is 181 Å². The van der Waals surface area contributed by atoms with Crippen molar-refractivity contribution in [2.24, 2.45) is 5.10 Å². The van der Waals surface area contributed by atoms with Crippen molar-refractivity contribution in [2.45, 2.75) is 39.8 Å². The maximum absolute atomic E-state index is 11.8. The molecule has 0 saturated heterocycles. The summed E-state index contributed by atoms with van der Waals surface area (Å²) in [7, 11) is 0. The molecule has 30 heavy (non-hydrogen) atoms. The molecule has 2 rings (SSSR count). The highest BCUT2D eigenvalue weighted by atomic mass is 35.5. The van der Waals surface area contributed by atoms with Crippen LogP contribution in [0.5, 0.6) is 11.5 Å². The van der Waals surface area contributed by atoms with E-state index in [0.717, 1.165) is 12.0 Å². The van der Waals surface area contributed by atoms with Gasteiger partial charge in [-0.3, -0.25) is 9.59 Å². The number of carbonyl (C=O) groups is 2. The van der Waals surface area contributed by atoms with Crippen molar-refractivity contribution >= 4 is 29.6 Å². The van der Waals surface area contributed by atoms with Crippen LogP contribution in [0, 0.1) is 0 Å². The summed E-state index contributed by atoms with van der Waals surface area (Å²) in [6, 6.07) is 12.6. The van der Waals surface area contributed by atoms with Gasteiger partial charge in [0.25, 0.3) is 0 Å². The standard InChI is InChI=1S/C22H26ClN3O4/c1-4-15(3)25-21(27)22(28)26-24-13-17-8-11-19(20(12-17)29-5-2)30-14-16-6-9-18(23)10-7-16/h6-13,15H,4-5,14H2,1-3H3,(H,25,27)(H,26,28)/b24-13-/t15-/m0/s1. The van der Waals surface area contributed by atoms with Crippen LogP contribution in [-0.2, 0) is 16.2 Å². The molecule has 0 spiro atoms. The van der Waals surface area contributed by atoms with E-state index in [1.807, 2.05) is 32.9 Å². The summed E-state index contributed by atoms with van der Waals surface area (Å²) < 4.78 is 11.5. The lowest BCUT2D eigenvalue weighted by atomic mass is 10.2. The molecule has 0 aliphatic carbocycles. The molecule has 0 aliphatic heterocycles. The van der Waals surface area contributed by atoms with Gasteiger partial charge in [-0.2, -0.15) is 5.10 Å². The van der Waals surface area contributed by atoms with Crippen molar-refractivity contribution in [3.05, 3.63) is 58.6 Å². The third kappa shape index (κ3) is 7.40. The molecule has 0 unspecified atom stereocenters. The Morgan fingerprint density at radius 1 is 1.07 bits per heavy atom. The summed E-state index contributed by atoms with van der Waals surface area (Å²) in [6.45, 7) is 6.44. The monoisotopic (exact) mass is 431 g/mol. The molecule has 7 nitrogen and oxygen atoms in total. The van der Waals surface area contributed by atoms with Gasteiger partial charge in [-0.25, -0.2) is 5.43 Å². The van der Waals surface area contributed by atoms with Crippen LogP contribution >= 0.6 is 11.6 Å². The van der Waals surface area contributed by atoms with Crippen molar-refractivity contribution in [3.8, 4) is 11.5 Å². The van der Waals surface area contributed by atoms with Crippen molar-refractivity contribution in [3.63, 3.8) is 0 Å². The van der Waals surface area contributed by atoms with Crippen molar-refractivity contribution in [2.75, 3.05) is 6.61 Å². The van der Waals surface area contributed by atoms with Crippen LogP contribution in [0.25, 0.3) is 0 Å². The summed E-state index contributed by atoms with van der Waals surface area (Å²) in [5, 5.41) is 7.08. The molecule has 2 aromatic carbocycles. The Balaban J connectivity index is 1.99. The van der Waals surface area contributed by atoms with E-state index < -0.39 is 11.8 Å². The number of ether oxygens (including phenoxy) is 2. The molecule has 0 radical (unpaired) electrons. The van der Waals surface area contributed by atoms with Gasteiger partial charge >= 0.3 is 11.8 Å². The Hall–Kier alpha value is -3.06. The van der Waals surface area contributed by atoms with Gasteiger partial charge in [-0.1, -0.05) is 30.7 Å². The van der Waals surface area contributed by atoms with Crippen molar-refractivity contribution in [1.82, 2.24) is 10.7 Å². The van der Waals surface area contributed by atoms with Gasteiger partial charge in [0.1, 0.15) is 6.61 Å². The first-order chi connectivity index (χ1) is 14.4. The average molecular weight is 432 g/mol. The van der Waals surface area contributed by atoms with E-state index in [2.05, 4.69) is 15.8 Å². The van der Waals surface area contributed by atoms with E-state index in [4.69, 9.17) is 21.1 Å². The maximum Gasteiger partial charge on any atom is 0.329 e. The number of amides is 2. The van der Waals surface area contributed by atoms with Gasteiger partial charge in [-0.05, 0) is 61.7 Å². The maximum atomic E-state index is 11.8. The molecular weight excluding hydrogens is 406 g/mol. The Kier molecular flexibility index (Phi) is 9.15. The fraction of sp³-hybridized carbons (Fsp3) is 0.318. The third-order valence-corrected chi connectivity index (χ3v) is 4.40. The molecule has 0 heterocycles. The zero-order valence-electron chi connectivity index (χ0n) is 17.3. The molecule has 0 aromatic heterocycles. The van der Waals surface area contributed by atoms with Crippen LogP contribution in [0.15, 0.2) is 47.6 Å². The fourth-order valence-corrected chi connectivity index (χ4v) is 2.47. The molecule has 160 valence electrons. The lowest BCUT2D eigenvalue weighted by Gasteiger charge is -2.13. The lowest BCUT2D eigenvalue weighted by Crippen LogP contribution is -2.41. The highest BCUT2D eigenvalue weighted by Crippen LogP contribution is 2.29. The minimum atomic E-state index is -0.820. The van der Waals surface area contributed by atoms with Crippen LogP contribution < -0.4 is 20.2 Å². The van der Waals surface area contributed by atoms with E-state index in [1.54, 1.807) is 30.3 Å². The van der Waals surface area contributed by atoms with E-state index in [-0.39, 0.29) is 6.04 Å². The number of hydrogen-bond acceptors (Lipinski definition) is 5. The number of carbonyl (C=O) groups excluding carboxylic acids is 2. The number of nitrogens with zero attached hydrogens (tertiary/aromatic N) is 1. The fourth-order valence-electron chi connectivity index (χ4n) is 2.34. The molecular formula is C22H26ClN3O4. The lowest BCUT2D eigenvalue weighted by molar-refractivity contribution is -0.139. The van der Waals surface area contributed by atoms with Gasteiger partial charge in [-0.15, -0.1) is 0 Å². The Bertz CT molecular complexity index is 884. The number of hydrogen-bond donors (Lipinski definition) is 2. The molecule has 1 atom stereocenters. The zero-order chi connectivity index (χ0) is 21.9. The van der Waals surface area contributed by atoms with Gasteiger partial charge in [0.15, 0.2) is 11.5 Å². The van der Waals surface area contributed by atoms with E-state index in [9.17, 15) is 9.59 Å². The van der Waals surface area contributed by atoms with Crippen LogP contribution in [-0.4, -0.2) is 30.7 Å². The van der Waals surface area contributed by atoms with Crippen LogP contribution in [0.3, 0.4) is 0 Å². The van der Waals surface area contributed by atoms with E-state index >= 15 is 0 Å². The summed E-state index contributed by atoms with van der Waals surface area (Å²) in [4.78, 5) is 23.5. The summed E-state index contributed by atoms with van der Waals surface area (Å²) >= 11 is 5.90. The van der Waals surface area contributed by atoms with Gasteiger partial charge in [0, 0.05) is 11.1 Å². The number of nitrogens with one attached hydrogen (secondary N) is 2. The van der Waals surface area contributed by atoms with Crippen molar-refractivity contribution < 1.29 is 19.1 Å². The number of hydrazone groups is 1. The number of benzene rings is 2. The molecule has 2 amide bonds. The van der Waals surface area contributed by atoms with E-state index in [0.29, 0.717) is 35.3 Å². The molecule has 0 fully saturated rings. The predicted molar refractivity (Wildman–Crippen MR) is 117 cm³/mol. The topological polar surface area (TPSA) is 89.0 Å². The Morgan fingerprint density at radius 3 is 2.47 bits per heavy atom. The minimum Gasteiger partial charge on any atom is -0.490 e. The molecule has 8 heteroatoms. The number of rotatable bonds is 9. The predicted octanol–water partition coefficient (Wildman–Crippen LogP) is 3.68. The highest BCUT2D eigenvalue weighted by molar-refractivity contribution is 6.35. The zero-order valence-corrected chi connectivity index (χ0v) is 18.0. The Morgan fingerprint density at radius 2 is 1.80 bits per heavy atom. The SMILES string of the molecule is CCOc1cc(/C=N\NC(=O)C(=O)N[C@@H](C)CC)ccc1OCc1ccc(Cl)cc1. The first-order valence-electron chi connectivity index (χ1n) is 9.70. The van der Waals surface area contributed by atoms with Gasteiger partial charge in [0.2, 0.25) is 0 Å². The number of halogens is 1. The molecule has 0 saturated carbocycles. The average Bonchev–Trinajstić information content (AvgIpc) is 2.74. The molecule has 0 bridgehead atoms. The first kappa shape index (κ1) is 23.2. The minimum absolute atomic E-state index is 0.0820. The smallest absolute Gasteiger partial charge is 0.329 e. The first-order valence-corrected chi connectivity index (χ1v) is 10.1. The summed E-state index contributed by atoms with van der Waals surface area (Å²) in [6.07, 6.45) is 2.16. The van der Waals surface area contributed by atoms with Crippen molar-refractivity contribution in [1.29, 1.82) is 0 Å². The van der Waals surface area contributed by atoms with Gasteiger partial charge in [0.05, 0.1) is 12.8 Å². The van der Waals surface area contributed by atoms with E-state index in [1.165, 1.54) is 6.21 Å². The van der Waals surface area contributed by atoms with Crippen LogP contribution in [0.4, 0.5) is 0 Å². The van der Waals surface area contributed by atoms with Crippen LogP contribution in [0.2, 0.25) is 5.02 Å². The summed E-state index contributed by atoms with van der Waals surface area (Å²) in [5.41, 5.74) is 3.87. The second kappa shape index (κ2) is 11.8. The second-order valence-corrected chi connectivity index (χ2v) is 6.97. The highest BCUT2D eigenvalue weighted by Gasteiger charge is 2.14. The molecule has 2 N–H and O–H groups in total. The second-order valence-electron chi connectivity index (χ2n) is 6.54.